The molecule has 2 aromatic rings. The Morgan fingerprint density at radius 3 is 2.91 bits per heavy atom. The number of benzene rings is 1. The molecule has 1 aromatic carbocycles. The highest BCUT2D eigenvalue weighted by atomic mass is 15.3. The average Bonchev–Trinajstić information content (AvgIpc) is 2.56. The number of hydrogen-bond donors (Lipinski definition) is 0. The zero-order valence-corrected chi connectivity index (χ0v) is 14.4. The summed E-state index contributed by atoms with van der Waals surface area (Å²) in [5.41, 5.74) is 2.40. The van der Waals surface area contributed by atoms with E-state index in [2.05, 4.69) is 59.8 Å². The van der Waals surface area contributed by atoms with Crippen molar-refractivity contribution >= 4 is 17.5 Å². The van der Waals surface area contributed by atoms with Gasteiger partial charge in [-0.2, -0.15) is 4.98 Å². The van der Waals surface area contributed by atoms with Gasteiger partial charge in [0, 0.05) is 31.5 Å². The molecule has 0 saturated carbocycles. The molecule has 1 unspecified atom stereocenters. The highest BCUT2D eigenvalue weighted by Gasteiger charge is 2.19. The number of anilines is 3. The maximum Gasteiger partial charge on any atom is 0.231 e. The Kier molecular flexibility index (Phi) is 4.79. The third-order valence-corrected chi connectivity index (χ3v) is 4.48. The van der Waals surface area contributed by atoms with Crippen LogP contribution in [0, 0.1) is 12.8 Å². The molecule has 23 heavy (non-hydrogen) atoms. The number of aryl methyl sites for hydroxylation is 1. The second-order valence-electron chi connectivity index (χ2n) is 6.49. The van der Waals surface area contributed by atoms with Crippen LogP contribution in [0.2, 0.25) is 0 Å². The first kappa shape index (κ1) is 15.8. The van der Waals surface area contributed by atoms with E-state index < -0.39 is 0 Å². The minimum absolute atomic E-state index is 0.737. The molecule has 0 radical (unpaired) electrons. The Bertz CT molecular complexity index is 655. The predicted octanol–water partition coefficient (Wildman–Crippen LogP) is 4.18. The second-order valence-corrected chi connectivity index (χ2v) is 6.49. The topological polar surface area (TPSA) is 32.3 Å². The molecule has 4 heteroatoms. The average molecular weight is 310 g/mol. The molecule has 4 nitrogen and oxygen atoms in total. The normalized spacial score (nSPS) is 18.0. The van der Waals surface area contributed by atoms with Crippen LogP contribution in [-0.4, -0.2) is 29.6 Å². The van der Waals surface area contributed by atoms with Gasteiger partial charge in [-0.15, -0.1) is 0 Å². The lowest BCUT2D eigenvalue weighted by molar-refractivity contribution is 0.444. The van der Waals surface area contributed by atoms with E-state index in [0.717, 1.165) is 43.0 Å². The fourth-order valence-electron chi connectivity index (χ4n) is 3.28. The summed E-state index contributed by atoms with van der Waals surface area (Å²) in [5, 5.41) is 0. The molecule has 0 aliphatic carbocycles. The first-order chi connectivity index (χ1) is 11.2. The predicted molar refractivity (Wildman–Crippen MR) is 96.5 cm³/mol. The molecule has 1 atom stereocenters. The lowest BCUT2D eigenvalue weighted by atomic mass is 10.0. The molecule has 1 aromatic heterocycles. The quantitative estimate of drug-likeness (QED) is 0.848. The van der Waals surface area contributed by atoms with Crippen LogP contribution >= 0.6 is 0 Å². The molecule has 1 aliphatic heterocycles. The summed E-state index contributed by atoms with van der Waals surface area (Å²) in [7, 11) is 0. The van der Waals surface area contributed by atoms with Gasteiger partial charge < -0.3 is 9.80 Å². The van der Waals surface area contributed by atoms with E-state index in [4.69, 9.17) is 4.98 Å². The van der Waals surface area contributed by atoms with Gasteiger partial charge in [-0.05, 0) is 56.4 Å². The van der Waals surface area contributed by atoms with Gasteiger partial charge in [0.2, 0.25) is 5.95 Å². The van der Waals surface area contributed by atoms with Gasteiger partial charge in [0.15, 0.2) is 0 Å². The van der Waals surface area contributed by atoms with Crippen molar-refractivity contribution in [1.29, 1.82) is 0 Å². The standard InChI is InChI=1S/C19H26N4/c1-4-23(17-9-5-7-15(2)13-17)19-20-11-10-18(21-19)22-12-6-8-16(3)14-22/h5,7,9-11,13,16H,4,6,8,12,14H2,1-3H3. The first-order valence-corrected chi connectivity index (χ1v) is 8.59. The minimum Gasteiger partial charge on any atom is -0.356 e. The molecule has 0 N–H and O–H groups in total. The number of piperidine rings is 1. The summed E-state index contributed by atoms with van der Waals surface area (Å²) in [6, 6.07) is 10.5. The number of rotatable bonds is 4. The Labute approximate surface area is 139 Å². The van der Waals surface area contributed by atoms with Crippen LogP contribution in [0.4, 0.5) is 17.5 Å². The van der Waals surface area contributed by atoms with Gasteiger partial charge >= 0.3 is 0 Å². The SMILES string of the molecule is CCN(c1cccc(C)c1)c1nccc(N2CCCC(C)C2)n1. The van der Waals surface area contributed by atoms with Crippen LogP contribution in [0.3, 0.4) is 0 Å². The molecule has 122 valence electrons. The maximum absolute atomic E-state index is 4.85. The van der Waals surface area contributed by atoms with E-state index in [9.17, 15) is 0 Å². The van der Waals surface area contributed by atoms with Gasteiger partial charge in [-0.25, -0.2) is 4.98 Å². The lowest BCUT2D eigenvalue weighted by Gasteiger charge is -2.32. The van der Waals surface area contributed by atoms with Gasteiger partial charge in [0.1, 0.15) is 5.82 Å². The fraction of sp³-hybridized carbons (Fsp3) is 0.474. The summed E-state index contributed by atoms with van der Waals surface area (Å²) < 4.78 is 0. The van der Waals surface area contributed by atoms with E-state index in [-0.39, 0.29) is 0 Å². The molecule has 0 amide bonds. The Morgan fingerprint density at radius 1 is 1.30 bits per heavy atom. The van der Waals surface area contributed by atoms with E-state index in [0.29, 0.717) is 0 Å². The first-order valence-electron chi connectivity index (χ1n) is 8.59. The van der Waals surface area contributed by atoms with Crippen LogP contribution in [0.25, 0.3) is 0 Å². The van der Waals surface area contributed by atoms with Crippen molar-refractivity contribution in [3.63, 3.8) is 0 Å². The van der Waals surface area contributed by atoms with Crippen molar-refractivity contribution in [2.45, 2.75) is 33.6 Å². The highest BCUT2D eigenvalue weighted by Crippen LogP contribution is 2.26. The Balaban J connectivity index is 1.88. The van der Waals surface area contributed by atoms with Crippen molar-refractivity contribution in [2.75, 3.05) is 29.4 Å². The van der Waals surface area contributed by atoms with Crippen molar-refractivity contribution in [2.24, 2.45) is 5.92 Å². The van der Waals surface area contributed by atoms with Gasteiger partial charge in [0.25, 0.3) is 0 Å². The Hall–Kier alpha value is -2.10. The Morgan fingerprint density at radius 2 is 2.17 bits per heavy atom. The molecule has 2 heterocycles. The lowest BCUT2D eigenvalue weighted by Crippen LogP contribution is -2.35. The molecular weight excluding hydrogens is 284 g/mol. The van der Waals surface area contributed by atoms with Crippen LogP contribution in [-0.2, 0) is 0 Å². The van der Waals surface area contributed by atoms with Crippen molar-refractivity contribution in [3.05, 3.63) is 42.1 Å². The summed E-state index contributed by atoms with van der Waals surface area (Å²) in [6.45, 7) is 9.61. The van der Waals surface area contributed by atoms with Crippen LogP contribution in [0.1, 0.15) is 32.3 Å². The third-order valence-electron chi connectivity index (χ3n) is 4.48. The molecule has 3 rings (SSSR count). The third kappa shape index (κ3) is 3.63. The molecular formula is C19H26N4. The molecule has 0 spiro atoms. The van der Waals surface area contributed by atoms with Crippen molar-refractivity contribution < 1.29 is 0 Å². The van der Waals surface area contributed by atoms with E-state index in [1.807, 2.05) is 12.3 Å². The van der Waals surface area contributed by atoms with E-state index >= 15 is 0 Å². The van der Waals surface area contributed by atoms with Crippen LogP contribution < -0.4 is 9.80 Å². The number of aromatic nitrogens is 2. The zero-order valence-electron chi connectivity index (χ0n) is 14.4. The number of hydrogen-bond acceptors (Lipinski definition) is 4. The minimum atomic E-state index is 0.737. The summed E-state index contributed by atoms with van der Waals surface area (Å²) >= 11 is 0. The smallest absolute Gasteiger partial charge is 0.231 e. The van der Waals surface area contributed by atoms with Crippen molar-refractivity contribution in [1.82, 2.24) is 9.97 Å². The maximum atomic E-state index is 4.85. The van der Waals surface area contributed by atoms with Gasteiger partial charge in [0.05, 0.1) is 0 Å². The zero-order chi connectivity index (χ0) is 16.2. The van der Waals surface area contributed by atoms with Crippen molar-refractivity contribution in [3.8, 4) is 0 Å². The monoisotopic (exact) mass is 310 g/mol. The molecule has 1 fully saturated rings. The van der Waals surface area contributed by atoms with E-state index in [1.54, 1.807) is 0 Å². The van der Waals surface area contributed by atoms with Gasteiger partial charge in [-0.3, -0.25) is 0 Å². The largest absolute Gasteiger partial charge is 0.356 e. The fourth-order valence-corrected chi connectivity index (χ4v) is 3.28. The van der Waals surface area contributed by atoms with E-state index in [1.165, 1.54) is 18.4 Å². The molecule has 1 saturated heterocycles. The molecule has 0 bridgehead atoms. The summed E-state index contributed by atoms with van der Waals surface area (Å²) in [4.78, 5) is 13.9. The second kappa shape index (κ2) is 6.99. The highest BCUT2D eigenvalue weighted by molar-refractivity contribution is 5.59. The van der Waals surface area contributed by atoms with Gasteiger partial charge in [-0.1, -0.05) is 19.1 Å². The van der Waals surface area contributed by atoms with Crippen LogP contribution in [0.5, 0.6) is 0 Å². The molecule has 1 aliphatic rings. The summed E-state index contributed by atoms with van der Waals surface area (Å²) in [6.07, 6.45) is 4.45. The number of nitrogens with zero attached hydrogens (tertiary/aromatic N) is 4. The summed E-state index contributed by atoms with van der Waals surface area (Å²) in [5.74, 6) is 2.57. The van der Waals surface area contributed by atoms with Crippen LogP contribution in [0.15, 0.2) is 36.5 Å².